The van der Waals surface area contributed by atoms with Gasteiger partial charge in [-0.3, -0.25) is 0 Å². The summed E-state index contributed by atoms with van der Waals surface area (Å²) in [4.78, 5) is 4.31. The molecule has 0 saturated heterocycles. The van der Waals surface area contributed by atoms with Crippen LogP contribution < -0.4 is 5.73 Å². The van der Waals surface area contributed by atoms with Crippen LogP contribution >= 0.6 is 0 Å². The summed E-state index contributed by atoms with van der Waals surface area (Å²) in [5.74, 6) is 1.40. The smallest absolute Gasteiger partial charge is 0.155 e. The highest BCUT2D eigenvalue weighted by Crippen LogP contribution is 2.22. The minimum Gasteiger partial charge on any atom is -0.307 e. The van der Waals surface area contributed by atoms with Crippen LogP contribution in [0.25, 0.3) is 5.57 Å². The van der Waals surface area contributed by atoms with Crippen LogP contribution in [0, 0.1) is 5.92 Å². The lowest BCUT2D eigenvalue weighted by Crippen LogP contribution is -2.42. The second-order valence-electron chi connectivity index (χ2n) is 5.25. The molecule has 4 heteroatoms. The zero-order valence-corrected chi connectivity index (χ0v) is 11.6. The largest absolute Gasteiger partial charge is 0.307 e. The molecule has 0 aromatic carbocycles. The summed E-state index contributed by atoms with van der Waals surface area (Å²) in [5, 5.41) is 4.28. The van der Waals surface area contributed by atoms with Gasteiger partial charge in [0.25, 0.3) is 0 Å². The van der Waals surface area contributed by atoms with E-state index < -0.39 is 5.66 Å². The average molecular weight is 236 g/mol. The van der Waals surface area contributed by atoms with Gasteiger partial charge in [-0.1, -0.05) is 26.8 Å². The van der Waals surface area contributed by atoms with Gasteiger partial charge in [0.1, 0.15) is 12.0 Å². The highest BCUT2D eigenvalue weighted by Gasteiger charge is 2.26. The Morgan fingerprint density at radius 3 is 2.76 bits per heavy atom. The van der Waals surface area contributed by atoms with E-state index in [4.69, 9.17) is 5.73 Å². The predicted octanol–water partition coefficient (Wildman–Crippen LogP) is 2.77. The number of nitrogens with two attached hydrogens (primary N) is 1. The van der Waals surface area contributed by atoms with Gasteiger partial charge < -0.3 is 5.73 Å². The summed E-state index contributed by atoms with van der Waals surface area (Å²) < 4.78 is 1.84. The van der Waals surface area contributed by atoms with Crippen molar-refractivity contribution < 1.29 is 0 Å². The summed E-state index contributed by atoms with van der Waals surface area (Å²) in [5.41, 5.74) is 7.00. The van der Waals surface area contributed by atoms with Crippen molar-refractivity contribution in [3.63, 3.8) is 0 Å². The number of rotatable bonds is 5. The molecule has 2 N–H and O–H groups in total. The normalized spacial score (nSPS) is 16.3. The highest BCUT2D eigenvalue weighted by molar-refractivity contribution is 5.57. The Morgan fingerprint density at radius 1 is 1.59 bits per heavy atom. The molecule has 1 unspecified atom stereocenters. The standard InChI is InChI=1S/C13H24N4/c1-6-7-11(4)12-15-9-16-17(12)13(5,14)8-10(2)3/h7,9-10H,6,8,14H2,1-5H3/b11-7-. The summed E-state index contributed by atoms with van der Waals surface area (Å²) >= 11 is 0. The summed E-state index contributed by atoms with van der Waals surface area (Å²) in [6, 6.07) is 0. The van der Waals surface area contributed by atoms with Crippen molar-refractivity contribution in [2.24, 2.45) is 11.7 Å². The van der Waals surface area contributed by atoms with Crippen LogP contribution in [0.1, 0.15) is 53.3 Å². The van der Waals surface area contributed by atoms with Crippen molar-refractivity contribution in [1.82, 2.24) is 14.8 Å². The predicted molar refractivity (Wildman–Crippen MR) is 71.3 cm³/mol. The molecule has 1 rings (SSSR count). The molecule has 0 amide bonds. The molecule has 0 aliphatic heterocycles. The van der Waals surface area contributed by atoms with Gasteiger partial charge >= 0.3 is 0 Å². The van der Waals surface area contributed by atoms with Crippen LogP contribution in [-0.2, 0) is 5.66 Å². The van der Waals surface area contributed by atoms with Gasteiger partial charge in [-0.05, 0) is 38.2 Å². The fourth-order valence-corrected chi connectivity index (χ4v) is 2.19. The van der Waals surface area contributed by atoms with Crippen molar-refractivity contribution in [3.05, 3.63) is 18.2 Å². The van der Waals surface area contributed by atoms with Crippen molar-refractivity contribution in [3.8, 4) is 0 Å². The van der Waals surface area contributed by atoms with Gasteiger partial charge in [-0.2, -0.15) is 5.10 Å². The Bertz CT molecular complexity index is 388. The second-order valence-corrected chi connectivity index (χ2v) is 5.25. The molecule has 4 nitrogen and oxygen atoms in total. The number of hydrogen-bond donors (Lipinski definition) is 1. The average Bonchev–Trinajstić information content (AvgIpc) is 2.64. The second kappa shape index (κ2) is 5.45. The Balaban J connectivity index is 3.07. The molecule has 0 radical (unpaired) electrons. The molecule has 0 fully saturated rings. The zero-order valence-electron chi connectivity index (χ0n) is 11.6. The Kier molecular flexibility index (Phi) is 4.46. The fourth-order valence-electron chi connectivity index (χ4n) is 2.19. The molecule has 1 aromatic heterocycles. The van der Waals surface area contributed by atoms with Crippen LogP contribution in [-0.4, -0.2) is 14.8 Å². The minimum absolute atomic E-state index is 0.483. The van der Waals surface area contributed by atoms with Crippen molar-refractivity contribution in [2.75, 3.05) is 0 Å². The molecular weight excluding hydrogens is 212 g/mol. The van der Waals surface area contributed by atoms with E-state index in [9.17, 15) is 0 Å². The van der Waals surface area contributed by atoms with Gasteiger partial charge in [0, 0.05) is 0 Å². The Hall–Kier alpha value is -1.16. The van der Waals surface area contributed by atoms with E-state index in [-0.39, 0.29) is 0 Å². The zero-order chi connectivity index (χ0) is 13.1. The van der Waals surface area contributed by atoms with Crippen LogP contribution in [0.2, 0.25) is 0 Å². The summed E-state index contributed by atoms with van der Waals surface area (Å²) in [6.07, 6.45) is 5.59. The van der Waals surface area contributed by atoms with E-state index >= 15 is 0 Å². The number of allylic oxidation sites excluding steroid dienone is 2. The van der Waals surface area contributed by atoms with Crippen LogP contribution in [0.5, 0.6) is 0 Å². The molecule has 0 saturated carbocycles. The SMILES string of the molecule is CC/C=C(/C)c1ncnn1C(C)(N)CC(C)C. The highest BCUT2D eigenvalue weighted by atomic mass is 15.4. The minimum atomic E-state index is -0.483. The lowest BCUT2D eigenvalue weighted by Gasteiger charge is -2.28. The third-order valence-corrected chi connectivity index (χ3v) is 2.72. The van der Waals surface area contributed by atoms with Gasteiger partial charge in [0.05, 0.1) is 0 Å². The van der Waals surface area contributed by atoms with Crippen molar-refractivity contribution >= 4 is 5.57 Å². The maximum Gasteiger partial charge on any atom is 0.155 e. The van der Waals surface area contributed by atoms with Crippen LogP contribution in [0.15, 0.2) is 12.4 Å². The number of nitrogens with zero attached hydrogens (tertiary/aromatic N) is 3. The third-order valence-electron chi connectivity index (χ3n) is 2.72. The molecular formula is C13H24N4. The lowest BCUT2D eigenvalue weighted by molar-refractivity contribution is 0.238. The first-order valence-electron chi connectivity index (χ1n) is 6.25. The lowest BCUT2D eigenvalue weighted by atomic mass is 9.99. The van der Waals surface area contributed by atoms with Crippen LogP contribution in [0.3, 0.4) is 0 Å². The summed E-state index contributed by atoms with van der Waals surface area (Å²) in [7, 11) is 0. The van der Waals surface area contributed by atoms with Crippen LogP contribution in [0.4, 0.5) is 0 Å². The van der Waals surface area contributed by atoms with Gasteiger partial charge in [-0.15, -0.1) is 0 Å². The molecule has 17 heavy (non-hydrogen) atoms. The molecule has 0 aliphatic carbocycles. The fraction of sp³-hybridized carbons (Fsp3) is 0.692. The molecule has 0 bridgehead atoms. The van der Waals surface area contributed by atoms with Crippen molar-refractivity contribution in [2.45, 2.75) is 53.1 Å². The van der Waals surface area contributed by atoms with E-state index in [1.165, 1.54) is 0 Å². The molecule has 1 heterocycles. The van der Waals surface area contributed by atoms with E-state index in [0.717, 1.165) is 24.2 Å². The number of hydrogen-bond acceptors (Lipinski definition) is 3. The maximum absolute atomic E-state index is 6.35. The van der Waals surface area contributed by atoms with E-state index in [1.54, 1.807) is 6.33 Å². The third kappa shape index (κ3) is 3.40. The Morgan fingerprint density at radius 2 is 2.24 bits per heavy atom. The molecule has 0 spiro atoms. The molecule has 96 valence electrons. The number of aromatic nitrogens is 3. The molecule has 1 aromatic rings. The van der Waals surface area contributed by atoms with E-state index in [1.807, 2.05) is 11.6 Å². The Labute approximate surface area is 104 Å². The first-order chi connectivity index (χ1) is 7.88. The first-order valence-corrected chi connectivity index (χ1v) is 6.25. The first kappa shape index (κ1) is 13.9. The van der Waals surface area contributed by atoms with Gasteiger partial charge in [0.15, 0.2) is 5.82 Å². The summed E-state index contributed by atoms with van der Waals surface area (Å²) in [6.45, 7) is 10.5. The van der Waals surface area contributed by atoms with Gasteiger partial charge in [0.2, 0.25) is 0 Å². The molecule has 0 aliphatic rings. The monoisotopic (exact) mass is 236 g/mol. The molecule has 1 atom stereocenters. The van der Waals surface area contributed by atoms with E-state index in [0.29, 0.717) is 5.92 Å². The van der Waals surface area contributed by atoms with E-state index in [2.05, 4.69) is 43.9 Å². The maximum atomic E-state index is 6.35. The quantitative estimate of drug-likeness (QED) is 0.855. The van der Waals surface area contributed by atoms with Gasteiger partial charge in [-0.25, -0.2) is 9.67 Å². The topological polar surface area (TPSA) is 56.7 Å². The van der Waals surface area contributed by atoms with Crippen molar-refractivity contribution in [1.29, 1.82) is 0 Å².